The van der Waals surface area contributed by atoms with Gasteiger partial charge in [0.05, 0.1) is 18.1 Å². The lowest BCUT2D eigenvalue weighted by Crippen LogP contribution is -2.57. The lowest BCUT2D eigenvalue weighted by atomic mass is 9.84. The van der Waals surface area contributed by atoms with E-state index in [0.717, 1.165) is 42.6 Å². The molecule has 0 aliphatic carbocycles. The van der Waals surface area contributed by atoms with Crippen molar-refractivity contribution in [3.63, 3.8) is 0 Å². The van der Waals surface area contributed by atoms with Crippen LogP contribution in [0.4, 0.5) is 5.69 Å². The second-order valence-corrected chi connectivity index (χ2v) is 9.11. The van der Waals surface area contributed by atoms with E-state index in [9.17, 15) is 4.79 Å². The van der Waals surface area contributed by atoms with Gasteiger partial charge in [0.2, 0.25) is 0 Å². The molecule has 6 heteroatoms. The Bertz CT molecular complexity index is 821. The van der Waals surface area contributed by atoms with Crippen LogP contribution in [0.1, 0.15) is 22.5 Å². The van der Waals surface area contributed by atoms with Gasteiger partial charge in [-0.2, -0.15) is 0 Å². The Hall–Kier alpha value is -1.89. The van der Waals surface area contributed by atoms with Gasteiger partial charge < -0.3 is 19.9 Å². The van der Waals surface area contributed by atoms with Crippen molar-refractivity contribution in [1.82, 2.24) is 10.2 Å². The summed E-state index contributed by atoms with van der Waals surface area (Å²) in [7, 11) is 0. The van der Waals surface area contributed by atoms with Crippen molar-refractivity contribution < 1.29 is 9.53 Å². The van der Waals surface area contributed by atoms with E-state index in [2.05, 4.69) is 45.4 Å². The predicted molar refractivity (Wildman–Crippen MR) is 113 cm³/mol. The minimum atomic E-state index is 0.0833. The summed E-state index contributed by atoms with van der Waals surface area (Å²) in [5, 5.41) is 3.29. The van der Waals surface area contributed by atoms with Gasteiger partial charge in [-0.1, -0.05) is 12.1 Å². The molecule has 5 nitrogen and oxygen atoms in total. The van der Waals surface area contributed by atoms with Crippen LogP contribution in [0.2, 0.25) is 0 Å². The molecule has 1 aromatic heterocycles. The summed E-state index contributed by atoms with van der Waals surface area (Å²) in [5.41, 5.74) is 2.41. The molecule has 148 valence electrons. The molecule has 28 heavy (non-hydrogen) atoms. The molecule has 1 atom stereocenters. The molecule has 0 radical (unpaired) electrons. The van der Waals surface area contributed by atoms with E-state index in [1.54, 1.807) is 11.3 Å². The molecule has 1 aromatic carbocycles. The standard InChI is InChI=1S/C22H27N3O2S/c26-22(23-19-15-24-9-7-16(19)8-10-24)21-6-5-20(28-21)17-1-3-18(4-2-17)25-11-13-27-14-12-25/h1-6,16,19H,7-15H2,(H,23,26)/t19-/m0/s1. The second-order valence-electron chi connectivity index (χ2n) is 8.03. The molecule has 5 heterocycles. The van der Waals surface area contributed by atoms with E-state index in [1.165, 1.54) is 37.2 Å². The maximum Gasteiger partial charge on any atom is 0.261 e. The number of carbonyl (C=O) groups is 1. The maximum atomic E-state index is 12.8. The Kier molecular flexibility index (Phi) is 5.09. The van der Waals surface area contributed by atoms with Gasteiger partial charge in [0, 0.05) is 36.2 Å². The third kappa shape index (κ3) is 3.69. The molecule has 1 amide bonds. The summed E-state index contributed by atoms with van der Waals surface area (Å²) in [5.74, 6) is 0.737. The zero-order valence-electron chi connectivity index (χ0n) is 16.1. The van der Waals surface area contributed by atoms with Gasteiger partial charge in [-0.15, -0.1) is 11.3 Å². The molecular formula is C22H27N3O2S. The van der Waals surface area contributed by atoms with Gasteiger partial charge >= 0.3 is 0 Å². The zero-order valence-corrected chi connectivity index (χ0v) is 16.9. The Balaban J connectivity index is 1.24. The predicted octanol–water partition coefficient (Wildman–Crippen LogP) is 3.08. The van der Waals surface area contributed by atoms with E-state index < -0.39 is 0 Å². The molecule has 1 N–H and O–H groups in total. The fourth-order valence-corrected chi connectivity index (χ4v) is 5.56. The number of nitrogens with zero attached hydrogens (tertiary/aromatic N) is 2. The van der Waals surface area contributed by atoms with Crippen LogP contribution in [0.3, 0.4) is 0 Å². The molecule has 0 spiro atoms. The van der Waals surface area contributed by atoms with Crippen LogP contribution in [-0.2, 0) is 4.74 Å². The highest BCUT2D eigenvalue weighted by molar-refractivity contribution is 7.17. The first-order valence-corrected chi connectivity index (χ1v) is 11.1. The lowest BCUT2D eigenvalue weighted by Gasteiger charge is -2.44. The highest BCUT2D eigenvalue weighted by Gasteiger charge is 2.35. The third-order valence-corrected chi connectivity index (χ3v) is 7.46. The van der Waals surface area contributed by atoms with E-state index in [0.29, 0.717) is 12.0 Å². The number of rotatable bonds is 4. The average molecular weight is 398 g/mol. The van der Waals surface area contributed by atoms with E-state index in [-0.39, 0.29) is 5.91 Å². The minimum absolute atomic E-state index is 0.0833. The first-order chi connectivity index (χ1) is 13.8. The number of amides is 1. The summed E-state index contributed by atoms with van der Waals surface area (Å²) in [6, 6.07) is 13.0. The number of fused-ring (bicyclic) bond motifs is 3. The van der Waals surface area contributed by atoms with Gasteiger partial charge in [-0.25, -0.2) is 0 Å². The Morgan fingerprint density at radius 2 is 1.75 bits per heavy atom. The van der Waals surface area contributed by atoms with Crippen molar-refractivity contribution in [2.75, 3.05) is 50.8 Å². The first kappa shape index (κ1) is 18.2. The van der Waals surface area contributed by atoms with Crippen molar-refractivity contribution in [2.45, 2.75) is 18.9 Å². The number of morpholine rings is 1. The number of benzene rings is 1. The number of thiophene rings is 1. The molecule has 2 bridgehead atoms. The fraction of sp³-hybridized carbons (Fsp3) is 0.500. The normalized spacial score (nSPS) is 27.0. The Labute approximate surface area is 170 Å². The van der Waals surface area contributed by atoms with Crippen LogP contribution in [-0.4, -0.2) is 62.8 Å². The summed E-state index contributed by atoms with van der Waals surface area (Å²) in [4.78, 5) is 19.5. The number of hydrogen-bond donors (Lipinski definition) is 1. The number of piperidine rings is 3. The first-order valence-electron chi connectivity index (χ1n) is 10.3. The second kappa shape index (κ2) is 7.85. The molecular weight excluding hydrogens is 370 g/mol. The van der Waals surface area contributed by atoms with Crippen molar-refractivity contribution >= 4 is 22.9 Å². The van der Waals surface area contributed by atoms with Crippen molar-refractivity contribution in [2.24, 2.45) is 5.92 Å². The molecule has 4 aliphatic heterocycles. The van der Waals surface area contributed by atoms with Crippen molar-refractivity contribution in [1.29, 1.82) is 0 Å². The van der Waals surface area contributed by atoms with Crippen LogP contribution in [0.15, 0.2) is 36.4 Å². The van der Waals surface area contributed by atoms with Gasteiger partial charge in [0.25, 0.3) is 5.91 Å². The van der Waals surface area contributed by atoms with Crippen molar-refractivity contribution in [3.8, 4) is 10.4 Å². The number of hydrogen-bond acceptors (Lipinski definition) is 5. The third-order valence-electron chi connectivity index (χ3n) is 6.33. The highest BCUT2D eigenvalue weighted by Crippen LogP contribution is 2.31. The summed E-state index contributed by atoms with van der Waals surface area (Å²) < 4.78 is 5.43. The molecule has 4 fully saturated rings. The van der Waals surface area contributed by atoms with E-state index >= 15 is 0 Å². The minimum Gasteiger partial charge on any atom is -0.378 e. The number of nitrogens with one attached hydrogen (secondary N) is 1. The molecule has 0 saturated carbocycles. The van der Waals surface area contributed by atoms with Gasteiger partial charge in [-0.05, 0) is 61.7 Å². The van der Waals surface area contributed by atoms with Crippen LogP contribution in [0, 0.1) is 5.92 Å². The Morgan fingerprint density at radius 3 is 2.43 bits per heavy atom. The quantitative estimate of drug-likeness (QED) is 0.861. The maximum absolute atomic E-state index is 12.8. The lowest BCUT2D eigenvalue weighted by molar-refractivity contribution is 0.0622. The smallest absolute Gasteiger partial charge is 0.261 e. The number of carbonyl (C=O) groups excluding carboxylic acids is 1. The van der Waals surface area contributed by atoms with Crippen LogP contribution in [0.5, 0.6) is 0 Å². The SMILES string of the molecule is O=C(N[C@H]1CN2CCC1CC2)c1ccc(-c2ccc(N3CCOCC3)cc2)s1. The fourth-order valence-electron chi connectivity index (χ4n) is 4.64. The molecule has 4 saturated heterocycles. The Morgan fingerprint density at radius 1 is 1.00 bits per heavy atom. The largest absolute Gasteiger partial charge is 0.378 e. The number of anilines is 1. The molecule has 4 aliphatic rings. The topological polar surface area (TPSA) is 44.8 Å². The molecule has 0 unspecified atom stereocenters. The van der Waals surface area contributed by atoms with Crippen LogP contribution < -0.4 is 10.2 Å². The van der Waals surface area contributed by atoms with Crippen molar-refractivity contribution in [3.05, 3.63) is 41.3 Å². The summed E-state index contributed by atoms with van der Waals surface area (Å²) >= 11 is 1.58. The van der Waals surface area contributed by atoms with Gasteiger partial charge in [0.15, 0.2) is 0 Å². The summed E-state index contributed by atoms with van der Waals surface area (Å²) in [6.07, 6.45) is 2.44. The molecule has 6 rings (SSSR count). The van der Waals surface area contributed by atoms with Gasteiger partial charge in [0.1, 0.15) is 0 Å². The zero-order chi connectivity index (χ0) is 18.9. The van der Waals surface area contributed by atoms with E-state index in [4.69, 9.17) is 4.74 Å². The van der Waals surface area contributed by atoms with E-state index in [1.807, 2.05) is 6.07 Å². The average Bonchev–Trinajstić information content (AvgIpc) is 3.26. The monoisotopic (exact) mass is 397 g/mol. The number of ether oxygens (including phenoxy) is 1. The highest BCUT2D eigenvalue weighted by atomic mass is 32.1. The van der Waals surface area contributed by atoms with Crippen LogP contribution >= 0.6 is 11.3 Å². The summed E-state index contributed by atoms with van der Waals surface area (Å²) in [6.45, 7) is 6.89. The van der Waals surface area contributed by atoms with Crippen LogP contribution in [0.25, 0.3) is 10.4 Å². The molecule has 2 aromatic rings. The van der Waals surface area contributed by atoms with Gasteiger partial charge in [-0.3, -0.25) is 4.79 Å².